The number of anilines is 2. The van der Waals surface area contributed by atoms with Crippen LogP contribution in [0.25, 0.3) is 0 Å². The summed E-state index contributed by atoms with van der Waals surface area (Å²) >= 11 is 0. The first kappa shape index (κ1) is 13.2. The predicted molar refractivity (Wildman–Crippen MR) is 65.9 cm³/mol. The third-order valence-electron chi connectivity index (χ3n) is 2.22. The predicted octanol–water partition coefficient (Wildman–Crippen LogP) is 0.885. The molecule has 17 heavy (non-hydrogen) atoms. The number of hydrogen-bond donors (Lipinski definition) is 1. The van der Waals surface area contributed by atoms with Crippen molar-refractivity contribution >= 4 is 11.6 Å². The van der Waals surface area contributed by atoms with Gasteiger partial charge in [0.15, 0.2) is 0 Å². The van der Waals surface area contributed by atoms with Crippen LogP contribution in [-0.4, -0.2) is 43.8 Å². The lowest BCUT2D eigenvalue weighted by Gasteiger charge is -2.16. The van der Waals surface area contributed by atoms with Gasteiger partial charge in [-0.05, 0) is 0 Å². The fourth-order valence-electron chi connectivity index (χ4n) is 1.27. The minimum Gasteiger partial charge on any atom is -0.383 e. The highest BCUT2D eigenvalue weighted by Gasteiger charge is 2.03. The fourth-order valence-corrected chi connectivity index (χ4v) is 1.27. The first-order valence-electron chi connectivity index (χ1n) is 5.41. The maximum Gasteiger partial charge on any atom is 0.133 e. The highest BCUT2D eigenvalue weighted by atomic mass is 16.5. The lowest BCUT2D eigenvalue weighted by molar-refractivity contribution is 0.210. The minimum atomic E-state index is 0.479. The summed E-state index contributed by atoms with van der Waals surface area (Å²) in [6, 6.07) is 3.96. The maximum absolute atomic E-state index is 8.52. The molecule has 1 heterocycles. The fraction of sp³-hybridized carbons (Fsp3) is 0.545. The van der Waals surface area contributed by atoms with Gasteiger partial charge in [-0.3, -0.25) is 0 Å². The second-order valence-electron chi connectivity index (χ2n) is 3.51. The van der Waals surface area contributed by atoms with Crippen molar-refractivity contribution in [3.05, 3.63) is 12.4 Å². The van der Waals surface area contributed by atoms with Crippen molar-refractivity contribution in [2.75, 3.05) is 44.1 Å². The van der Waals surface area contributed by atoms with Crippen LogP contribution in [0.5, 0.6) is 0 Å². The number of nitrogens with one attached hydrogen (secondary N) is 1. The molecule has 0 radical (unpaired) electrons. The van der Waals surface area contributed by atoms with Crippen LogP contribution in [0.1, 0.15) is 6.42 Å². The van der Waals surface area contributed by atoms with Gasteiger partial charge in [0.05, 0.1) is 19.1 Å². The first-order chi connectivity index (χ1) is 8.27. The summed E-state index contributed by atoms with van der Waals surface area (Å²) in [6.07, 6.45) is 1.99. The standard InChI is InChI=1S/C11H17N5O/c1-16(6-3-4-12)11-8-10(14-9-15-11)13-5-7-17-2/h8-9H,3,5-7H2,1-2H3,(H,13,14,15). The number of aromatic nitrogens is 2. The lowest BCUT2D eigenvalue weighted by atomic mass is 10.4. The van der Waals surface area contributed by atoms with E-state index >= 15 is 0 Å². The maximum atomic E-state index is 8.52. The Bertz CT molecular complexity index is 376. The normalized spacial score (nSPS) is 9.71. The quantitative estimate of drug-likeness (QED) is 0.707. The Kier molecular flexibility index (Phi) is 5.75. The minimum absolute atomic E-state index is 0.479. The monoisotopic (exact) mass is 235 g/mol. The van der Waals surface area contributed by atoms with E-state index in [0.29, 0.717) is 26.1 Å². The molecule has 1 rings (SSSR count). The largest absolute Gasteiger partial charge is 0.383 e. The van der Waals surface area contributed by atoms with Crippen molar-refractivity contribution in [2.24, 2.45) is 0 Å². The van der Waals surface area contributed by atoms with Gasteiger partial charge < -0.3 is 15.0 Å². The molecule has 6 heteroatoms. The number of nitrogens with zero attached hydrogens (tertiary/aromatic N) is 4. The van der Waals surface area contributed by atoms with Crippen molar-refractivity contribution in [3.8, 4) is 6.07 Å². The molecule has 1 aromatic rings. The van der Waals surface area contributed by atoms with Crippen molar-refractivity contribution in [2.45, 2.75) is 6.42 Å². The highest BCUT2D eigenvalue weighted by molar-refractivity contribution is 5.47. The molecule has 0 aromatic carbocycles. The summed E-state index contributed by atoms with van der Waals surface area (Å²) in [6.45, 7) is 1.99. The molecule has 92 valence electrons. The van der Waals surface area contributed by atoms with E-state index in [9.17, 15) is 0 Å². The molecule has 0 saturated heterocycles. The zero-order valence-corrected chi connectivity index (χ0v) is 10.2. The number of rotatable bonds is 7. The summed E-state index contributed by atoms with van der Waals surface area (Å²) < 4.78 is 4.94. The molecule has 6 nitrogen and oxygen atoms in total. The van der Waals surface area contributed by atoms with Gasteiger partial charge in [-0.1, -0.05) is 0 Å². The SMILES string of the molecule is COCCNc1cc(N(C)CCC#N)ncn1. The molecule has 0 fully saturated rings. The van der Waals surface area contributed by atoms with E-state index in [-0.39, 0.29) is 0 Å². The Balaban J connectivity index is 2.55. The molecule has 0 aliphatic rings. The van der Waals surface area contributed by atoms with Crippen molar-refractivity contribution < 1.29 is 4.74 Å². The lowest BCUT2D eigenvalue weighted by Crippen LogP contribution is -2.20. The molecule has 0 unspecified atom stereocenters. The van der Waals surface area contributed by atoms with Crippen molar-refractivity contribution in [1.29, 1.82) is 5.26 Å². The molecule has 0 atom stereocenters. The molecule has 0 bridgehead atoms. The second kappa shape index (κ2) is 7.41. The van der Waals surface area contributed by atoms with Gasteiger partial charge in [0, 0.05) is 33.3 Å². The van der Waals surface area contributed by atoms with Crippen LogP contribution in [0.2, 0.25) is 0 Å². The van der Waals surface area contributed by atoms with Gasteiger partial charge in [-0.2, -0.15) is 5.26 Å². The number of hydrogen-bond acceptors (Lipinski definition) is 6. The average molecular weight is 235 g/mol. The molecule has 0 amide bonds. The molecule has 1 N–H and O–H groups in total. The molecule has 0 aliphatic heterocycles. The molecule has 0 spiro atoms. The summed E-state index contributed by atoms with van der Waals surface area (Å²) in [4.78, 5) is 10.2. The van der Waals surface area contributed by atoms with Gasteiger partial charge in [0.2, 0.25) is 0 Å². The molecular weight excluding hydrogens is 218 g/mol. The van der Waals surface area contributed by atoms with Crippen LogP contribution in [0.4, 0.5) is 11.6 Å². The Morgan fingerprint density at radius 2 is 2.35 bits per heavy atom. The van der Waals surface area contributed by atoms with Gasteiger partial charge >= 0.3 is 0 Å². The summed E-state index contributed by atoms with van der Waals surface area (Å²) in [7, 11) is 3.56. The van der Waals surface area contributed by atoms with Gasteiger partial charge in [-0.15, -0.1) is 0 Å². The van der Waals surface area contributed by atoms with Crippen LogP contribution < -0.4 is 10.2 Å². The third-order valence-corrected chi connectivity index (χ3v) is 2.22. The highest BCUT2D eigenvalue weighted by Crippen LogP contribution is 2.12. The molecule has 0 saturated carbocycles. The second-order valence-corrected chi connectivity index (χ2v) is 3.51. The van der Waals surface area contributed by atoms with Gasteiger partial charge in [0.1, 0.15) is 18.0 Å². The van der Waals surface area contributed by atoms with E-state index in [1.54, 1.807) is 7.11 Å². The van der Waals surface area contributed by atoms with E-state index in [2.05, 4.69) is 21.4 Å². The number of ether oxygens (including phenoxy) is 1. The van der Waals surface area contributed by atoms with Crippen LogP contribution >= 0.6 is 0 Å². The zero-order chi connectivity index (χ0) is 12.5. The number of methoxy groups -OCH3 is 1. The van der Waals surface area contributed by atoms with Gasteiger partial charge in [-0.25, -0.2) is 9.97 Å². The van der Waals surface area contributed by atoms with Crippen molar-refractivity contribution in [1.82, 2.24) is 9.97 Å². The van der Waals surface area contributed by atoms with E-state index in [0.717, 1.165) is 11.6 Å². The zero-order valence-electron chi connectivity index (χ0n) is 10.2. The molecule has 1 aromatic heterocycles. The topological polar surface area (TPSA) is 74.1 Å². The van der Waals surface area contributed by atoms with E-state index in [4.69, 9.17) is 10.00 Å². The average Bonchev–Trinajstić information content (AvgIpc) is 2.36. The van der Waals surface area contributed by atoms with E-state index in [1.807, 2.05) is 18.0 Å². The van der Waals surface area contributed by atoms with Crippen molar-refractivity contribution in [3.63, 3.8) is 0 Å². The van der Waals surface area contributed by atoms with Gasteiger partial charge in [0.25, 0.3) is 0 Å². The number of nitriles is 1. The Morgan fingerprint density at radius 1 is 1.53 bits per heavy atom. The Labute approximate surface area is 101 Å². The molecule has 0 aliphatic carbocycles. The first-order valence-corrected chi connectivity index (χ1v) is 5.41. The van der Waals surface area contributed by atoms with E-state index in [1.165, 1.54) is 6.33 Å². The summed E-state index contributed by atoms with van der Waals surface area (Å²) in [5.74, 6) is 1.56. The Morgan fingerprint density at radius 3 is 3.06 bits per heavy atom. The molecular formula is C11H17N5O. The van der Waals surface area contributed by atoms with Crippen LogP contribution in [0.3, 0.4) is 0 Å². The Hall–Kier alpha value is -1.87. The summed E-state index contributed by atoms with van der Waals surface area (Å²) in [5, 5.41) is 11.7. The van der Waals surface area contributed by atoms with Crippen LogP contribution in [0, 0.1) is 11.3 Å². The van der Waals surface area contributed by atoms with Crippen LogP contribution in [0.15, 0.2) is 12.4 Å². The van der Waals surface area contributed by atoms with E-state index < -0.39 is 0 Å². The third kappa shape index (κ3) is 4.66. The summed E-state index contributed by atoms with van der Waals surface area (Å²) in [5.41, 5.74) is 0. The van der Waals surface area contributed by atoms with Crippen LogP contribution in [-0.2, 0) is 4.74 Å². The smallest absolute Gasteiger partial charge is 0.133 e.